The molecule has 1 aromatic carbocycles. The van der Waals surface area contributed by atoms with E-state index in [0.717, 1.165) is 11.3 Å². The van der Waals surface area contributed by atoms with Gasteiger partial charge in [0.25, 0.3) is 0 Å². The van der Waals surface area contributed by atoms with Gasteiger partial charge in [-0.3, -0.25) is 4.79 Å². The van der Waals surface area contributed by atoms with Gasteiger partial charge in [-0.15, -0.1) is 12.4 Å². The van der Waals surface area contributed by atoms with Gasteiger partial charge in [0.05, 0.1) is 16.1 Å². The zero-order valence-electron chi connectivity index (χ0n) is 11.4. The molecule has 0 saturated heterocycles. The van der Waals surface area contributed by atoms with Crippen LogP contribution in [0.15, 0.2) is 18.2 Å². The topological polar surface area (TPSA) is 46.3 Å². The van der Waals surface area contributed by atoms with Gasteiger partial charge in [0, 0.05) is 13.6 Å². The number of carbonyl (C=O) groups is 1. The number of likely N-dealkylation sites (N-methyl/N-ethyl adjacent to an activating group) is 1. The zero-order valence-corrected chi connectivity index (χ0v) is 14.6. The number of nitrogens with two attached hydrogens (primary N) is 1. The quantitative estimate of drug-likeness (QED) is 0.848. The van der Waals surface area contributed by atoms with Crippen LogP contribution in [0.2, 0.25) is 10.0 Å². The van der Waals surface area contributed by atoms with Crippen molar-refractivity contribution in [1.82, 2.24) is 4.90 Å². The second kappa shape index (κ2) is 9.74. The second-order valence-electron chi connectivity index (χ2n) is 4.33. The van der Waals surface area contributed by atoms with Crippen molar-refractivity contribution in [2.45, 2.75) is 19.0 Å². The lowest BCUT2D eigenvalue weighted by Gasteiger charge is -2.21. The lowest BCUT2D eigenvalue weighted by molar-refractivity contribution is -0.131. The van der Waals surface area contributed by atoms with Gasteiger partial charge in [0.1, 0.15) is 0 Å². The summed E-state index contributed by atoms with van der Waals surface area (Å²) in [5.41, 5.74) is 6.79. The molecule has 0 spiro atoms. The Morgan fingerprint density at radius 2 is 2.05 bits per heavy atom. The van der Waals surface area contributed by atoms with E-state index >= 15 is 0 Å². The summed E-state index contributed by atoms with van der Waals surface area (Å²) < 4.78 is 0. The molecule has 0 aromatic heterocycles. The monoisotopic (exact) mass is 356 g/mol. The zero-order chi connectivity index (χ0) is 14.4. The predicted molar refractivity (Wildman–Crippen MR) is 91.2 cm³/mol. The van der Waals surface area contributed by atoms with Crippen LogP contribution < -0.4 is 5.73 Å². The van der Waals surface area contributed by atoms with Crippen LogP contribution >= 0.6 is 47.4 Å². The molecule has 0 saturated carbocycles. The summed E-state index contributed by atoms with van der Waals surface area (Å²) in [5, 5.41) is 1.00. The number of hydrogen-bond donors (Lipinski definition) is 1. The molecule has 0 radical (unpaired) electrons. The summed E-state index contributed by atoms with van der Waals surface area (Å²) in [6.45, 7) is 0.475. The summed E-state index contributed by atoms with van der Waals surface area (Å²) in [5.74, 6) is 0.827. The first kappa shape index (κ1) is 19.9. The third-order valence-corrected chi connectivity index (χ3v) is 4.11. The van der Waals surface area contributed by atoms with Crippen LogP contribution in [0, 0.1) is 0 Å². The highest BCUT2D eigenvalue weighted by Crippen LogP contribution is 2.23. The van der Waals surface area contributed by atoms with Gasteiger partial charge in [-0.25, -0.2) is 0 Å². The van der Waals surface area contributed by atoms with Gasteiger partial charge >= 0.3 is 0 Å². The number of nitrogens with zero attached hydrogens (tertiary/aromatic N) is 1. The maximum absolute atomic E-state index is 12.0. The van der Waals surface area contributed by atoms with E-state index in [0.29, 0.717) is 23.0 Å². The Balaban J connectivity index is 0.00000361. The number of thioether (sulfide) groups is 1. The van der Waals surface area contributed by atoms with Crippen LogP contribution in [-0.4, -0.2) is 35.9 Å². The first-order valence-electron chi connectivity index (χ1n) is 5.89. The fourth-order valence-corrected chi connectivity index (χ4v) is 2.45. The number of halogens is 3. The van der Waals surface area contributed by atoms with E-state index in [-0.39, 0.29) is 18.3 Å². The number of amides is 1. The summed E-state index contributed by atoms with van der Waals surface area (Å²) in [4.78, 5) is 13.7. The molecule has 0 aliphatic heterocycles. The van der Waals surface area contributed by atoms with Crippen LogP contribution in [-0.2, 0) is 11.3 Å². The third kappa shape index (κ3) is 6.10. The standard InChI is InChI=1S/C13H18Cl2N2OS.ClH/c1-17(13(18)12(16)5-6-19-2)8-9-3-4-10(14)11(15)7-9;/h3-4,7,12H,5-6,8,16H2,1-2H3;1H/t12-;/m0./s1. The van der Waals surface area contributed by atoms with Crippen molar-refractivity contribution in [2.75, 3.05) is 19.1 Å². The van der Waals surface area contributed by atoms with E-state index in [1.54, 1.807) is 35.8 Å². The van der Waals surface area contributed by atoms with Crippen LogP contribution in [0.3, 0.4) is 0 Å². The van der Waals surface area contributed by atoms with E-state index in [9.17, 15) is 4.79 Å². The minimum Gasteiger partial charge on any atom is -0.340 e. The maximum Gasteiger partial charge on any atom is 0.239 e. The van der Waals surface area contributed by atoms with Crippen molar-refractivity contribution >= 4 is 53.3 Å². The number of rotatable bonds is 6. The smallest absolute Gasteiger partial charge is 0.239 e. The Morgan fingerprint density at radius 3 is 2.60 bits per heavy atom. The van der Waals surface area contributed by atoms with E-state index in [2.05, 4.69) is 0 Å². The lowest BCUT2D eigenvalue weighted by atomic mass is 10.2. The van der Waals surface area contributed by atoms with Crippen molar-refractivity contribution in [1.29, 1.82) is 0 Å². The number of benzene rings is 1. The van der Waals surface area contributed by atoms with Crippen molar-refractivity contribution in [2.24, 2.45) is 5.73 Å². The lowest BCUT2D eigenvalue weighted by Crippen LogP contribution is -2.41. The van der Waals surface area contributed by atoms with Gasteiger partial charge in [-0.1, -0.05) is 29.3 Å². The molecule has 114 valence electrons. The summed E-state index contributed by atoms with van der Waals surface area (Å²) in [6.07, 6.45) is 2.68. The normalized spacial score (nSPS) is 11.7. The van der Waals surface area contributed by atoms with Crippen molar-refractivity contribution < 1.29 is 4.79 Å². The average Bonchev–Trinajstić information content (AvgIpc) is 2.39. The first-order chi connectivity index (χ1) is 8.95. The van der Waals surface area contributed by atoms with Gasteiger partial charge in [-0.05, 0) is 36.1 Å². The van der Waals surface area contributed by atoms with Crippen LogP contribution in [0.1, 0.15) is 12.0 Å². The van der Waals surface area contributed by atoms with Gasteiger partial charge in [0.15, 0.2) is 0 Å². The molecule has 0 aliphatic carbocycles. The molecule has 0 unspecified atom stereocenters. The van der Waals surface area contributed by atoms with Gasteiger partial charge in [0.2, 0.25) is 5.91 Å². The second-order valence-corrected chi connectivity index (χ2v) is 6.13. The summed E-state index contributed by atoms with van der Waals surface area (Å²) in [7, 11) is 1.74. The van der Waals surface area contributed by atoms with E-state index < -0.39 is 6.04 Å². The molecule has 0 bridgehead atoms. The van der Waals surface area contributed by atoms with Gasteiger partial charge < -0.3 is 10.6 Å². The van der Waals surface area contributed by atoms with Crippen molar-refractivity contribution in [3.8, 4) is 0 Å². The first-order valence-corrected chi connectivity index (χ1v) is 8.04. The molecule has 7 heteroatoms. The molecule has 0 aliphatic rings. The maximum atomic E-state index is 12.0. The fourth-order valence-electron chi connectivity index (χ4n) is 1.64. The summed E-state index contributed by atoms with van der Waals surface area (Å²) in [6, 6.07) is 4.90. The molecule has 20 heavy (non-hydrogen) atoms. The Morgan fingerprint density at radius 1 is 1.40 bits per heavy atom. The SMILES string of the molecule is CSCC[C@H](N)C(=O)N(C)Cc1ccc(Cl)c(Cl)c1.Cl. The predicted octanol–water partition coefficient (Wildman–Crippen LogP) is 3.45. The highest BCUT2D eigenvalue weighted by atomic mass is 35.5. The Kier molecular flexibility index (Phi) is 9.68. The fraction of sp³-hybridized carbons (Fsp3) is 0.462. The third-order valence-electron chi connectivity index (χ3n) is 2.73. The minimum absolute atomic E-state index is 0. The van der Waals surface area contributed by atoms with E-state index in [4.69, 9.17) is 28.9 Å². The molecular formula is C13H19Cl3N2OS. The highest BCUT2D eigenvalue weighted by molar-refractivity contribution is 7.98. The van der Waals surface area contributed by atoms with Gasteiger partial charge in [-0.2, -0.15) is 11.8 Å². The number of carbonyl (C=O) groups excluding carboxylic acids is 1. The molecule has 1 amide bonds. The molecule has 0 heterocycles. The highest BCUT2D eigenvalue weighted by Gasteiger charge is 2.17. The van der Waals surface area contributed by atoms with Crippen molar-refractivity contribution in [3.05, 3.63) is 33.8 Å². The number of hydrogen-bond acceptors (Lipinski definition) is 3. The summed E-state index contributed by atoms with van der Waals surface area (Å²) >= 11 is 13.5. The van der Waals surface area contributed by atoms with Crippen LogP contribution in [0.5, 0.6) is 0 Å². The van der Waals surface area contributed by atoms with E-state index in [1.807, 2.05) is 12.3 Å². The van der Waals surface area contributed by atoms with Crippen molar-refractivity contribution in [3.63, 3.8) is 0 Å². The molecule has 1 rings (SSSR count). The van der Waals surface area contributed by atoms with Crippen LogP contribution in [0.25, 0.3) is 0 Å². The molecule has 1 atom stereocenters. The van der Waals surface area contributed by atoms with E-state index in [1.165, 1.54) is 0 Å². The largest absolute Gasteiger partial charge is 0.340 e. The average molecular weight is 358 g/mol. The Bertz CT molecular complexity index is 446. The molecule has 0 fully saturated rings. The molecular weight excluding hydrogens is 339 g/mol. The molecule has 3 nitrogen and oxygen atoms in total. The molecule has 1 aromatic rings. The van der Waals surface area contributed by atoms with Crippen LogP contribution in [0.4, 0.5) is 0 Å². The minimum atomic E-state index is -0.444. The Hall–Kier alpha value is -0.130. The molecule has 2 N–H and O–H groups in total. The Labute approximate surface area is 140 Å².